The average molecular weight is 356 g/mol. The molecular weight excluding hydrogens is 330 g/mol. The van der Waals surface area contributed by atoms with Crippen molar-refractivity contribution in [3.8, 4) is 0 Å². The highest BCUT2D eigenvalue weighted by Gasteiger charge is 2.12. The third kappa shape index (κ3) is 7.19. The lowest BCUT2D eigenvalue weighted by molar-refractivity contribution is -0.120. The van der Waals surface area contributed by atoms with Gasteiger partial charge in [-0.25, -0.2) is 0 Å². The minimum atomic E-state index is -0.202. The number of benzene rings is 1. The first-order valence-corrected chi connectivity index (χ1v) is 8.31. The van der Waals surface area contributed by atoms with Crippen molar-refractivity contribution >= 4 is 29.1 Å². The number of halogens is 1. The summed E-state index contributed by atoms with van der Waals surface area (Å²) >= 11 is 6.16. The van der Waals surface area contributed by atoms with E-state index in [2.05, 4.69) is 16.0 Å². The number of carbonyl (C=O) groups is 2. The van der Waals surface area contributed by atoms with Gasteiger partial charge in [0.05, 0.1) is 23.7 Å². The van der Waals surface area contributed by atoms with Gasteiger partial charge in [-0.05, 0) is 31.0 Å². The number of carbonyl (C=O) groups excluding carboxylic acids is 2. The summed E-state index contributed by atoms with van der Waals surface area (Å²) < 4.78 is 4.96. The fraction of sp³-hybridized carbons (Fsp3) is 0.529. The first-order chi connectivity index (χ1) is 11.3. The predicted octanol–water partition coefficient (Wildman–Crippen LogP) is 2.29. The molecular formula is C17H26ClN3O3. The van der Waals surface area contributed by atoms with Crippen molar-refractivity contribution in [3.05, 3.63) is 28.8 Å². The van der Waals surface area contributed by atoms with Crippen LogP contribution < -0.4 is 16.0 Å². The van der Waals surface area contributed by atoms with Crippen LogP contribution in [0.25, 0.3) is 0 Å². The zero-order valence-electron chi connectivity index (χ0n) is 14.6. The molecule has 0 heterocycles. The highest BCUT2D eigenvalue weighted by Crippen LogP contribution is 2.21. The Morgan fingerprint density at radius 2 is 1.96 bits per heavy atom. The zero-order valence-corrected chi connectivity index (χ0v) is 15.4. The highest BCUT2D eigenvalue weighted by molar-refractivity contribution is 6.34. The minimum Gasteiger partial charge on any atom is -0.383 e. The van der Waals surface area contributed by atoms with Crippen LogP contribution >= 0.6 is 11.6 Å². The van der Waals surface area contributed by atoms with Crippen molar-refractivity contribution in [2.45, 2.75) is 26.8 Å². The van der Waals surface area contributed by atoms with Crippen molar-refractivity contribution in [2.24, 2.45) is 5.92 Å². The van der Waals surface area contributed by atoms with Crippen molar-refractivity contribution in [1.82, 2.24) is 10.6 Å². The lowest BCUT2D eigenvalue weighted by Gasteiger charge is -2.14. The standard InChI is InChI=1S/C17H26ClN3O3/c1-11(2)8-20-17(23)14-6-5-13(7-15(14)18)19-9-16(22)21-12(3)10-24-4/h5-7,11-12,19H,8-10H2,1-4H3,(H,20,23)(H,21,22). The number of amides is 2. The largest absolute Gasteiger partial charge is 0.383 e. The van der Waals surface area contributed by atoms with Crippen molar-refractivity contribution < 1.29 is 14.3 Å². The average Bonchev–Trinajstić information content (AvgIpc) is 2.50. The van der Waals surface area contributed by atoms with Crippen molar-refractivity contribution in [1.29, 1.82) is 0 Å². The molecule has 1 atom stereocenters. The molecule has 1 aromatic carbocycles. The van der Waals surface area contributed by atoms with Gasteiger partial charge in [-0.15, -0.1) is 0 Å². The van der Waals surface area contributed by atoms with Gasteiger partial charge >= 0.3 is 0 Å². The van der Waals surface area contributed by atoms with Gasteiger partial charge in [-0.1, -0.05) is 25.4 Å². The molecule has 0 aromatic heterocycles. The topological polar surface area (TPSA) is 79.5 Å². The molecule has 134 valence electrons. The smallest absolute Gasteiger partial charge is 0.252 e. The van der Waals surface area contributed by atoms with E-state index in [-0.39, 0.29) is 24.4 Å². The Morgan fingerprint density at radius 1 is 1.25 bits per heavy atom. The maximum atomic E-state index is 12.0. The van der Waals surface area contributed by atoms with Crippen LogP contribution in [-0.4, -0.2) is 44.7 Å². The van der Waals surface area contributed by atoms with Gasteiger partial charge in [-0.2, -0.15) is 0 Å². The molecule has 24 heavy (non-hydrogen) atoms. The molecule has 0 saturated carbocycles. The second kappa shape index (κ2) is 10.2. The Balaban J connectivity index is 2.55. The molecule has 1 rings (SSSR count). The van der Waals surface area contributed by atoms with Crippen LogP contribution in [0.3, 0.4) is 0 Å². The van der Waals surface area contributed by atoms with Crippen LogP contribution in [0.5, 0.6) is 0 Å². The summed E-state index contributed by atoms with van der Waals surface area (Å²) in [5.74, 6) is 0.0217. The second-order valence-electron chi connectivity index (χ2n) is 6.08. The molecule has 7 heteroatoms. The van der Waals surface area contributed by atoms with Gasteiger partial charge < -0.3 is 20.7 Å². The number of hydrogen-bond donors (Lipinski definition) is 3. The van der Waals surface area contributed by atoms with E-state index < -0.39 is 0 Å². The van der Waals surface area contributed by atoms with Crippen LogP contribution in [0.15, 0.2) is 18.2 Å². The van der Waals surface area contributed by atoms with E-state index in [1.54, 1.807) is 25.3 Å². The Hall–Kier alpha value is -1.79. The molecule has 0 bridgehead atoms. The van der Waals surface area contributed by atoms with Gasteiger partial charge in [0, 0.05) is 25.4 Å². The molecule has 2 amide bonds. The Morgan fingerprint density at radius 3 is 2.54 bits per heavy atom. The summed E-state index contributed by atoms with van der Waals surface area (Å²) in [6.45, 7) is 7.07. The lowest BCUT2D eigenvalue weighted by Crippen LogP contribution is -2.39. The van der Waals surface area contributed by atoms with Gasteiger partial charge in [0.1, 0.15) is 0 Å². The number of ether oxygens (including phenoxy) is 1. The monoisotopic (exact) mass is 355 g/mol. The maximum Gasteiger partial charge on any atom is 0.252 e. The summed E-state index contributed by atoms with van der Waals surface area (Å²) in [6, 6.07) is 4.95. The summed E-state index contributed by atoms with van der Waals surface area (Å²) in [5.41, 5.74) is 1.09. The fourth-order valence-corrected chi connectivity index (χ4v) is 2.27. The van der Waals surface area contributed by atoms with Gasteiger partial charge in [0.15, 0.2) is 0 Å². The number of hydrogen-bond acceptors (Lipinski definition) is 4. The van der Waals surface area contributed by atoms with Gasteiger partial charge in [0.2, 0.25) is 5.91 Å². The van der Waals surface area contributed by atoms with E-state index in [0.29, 0.717) is 35.3 Å². The van der Waals surface area contributed by atoms with Crippen LogP contribution in [0, 0.1) is 5.92 Å². The van der Waals surface area contributed by atoms with Crippen molar-refractivity contribution in [3.63, 3.8) is 0 Å². The number of methoxy groups -OCH3 is 1. The van der Waals surface area contributed by atoms with Crippen LogP contribution in [-0.2, 0) is 9.53 Å². The molecule has 0 saturated heterocycles. The molecule has 0 aliphatic rings. The Bertz CT molecular complexity index is 564. The zero-order chi connectivity index (χ0) is 18.1. The Kier molecular flexibility index (Phi) is 8.57. The molecule has 0 aliphatic carbocycles. The predicted molar refractivity (Wildman–Crippen MR) is 96.6 cm³/mol. The number of anilines is 1. The van der Waals surface area contributed by atoms with Crippen LogP contribution in [0.1, 0.15) is 31.1 Å². The van der Waals surface area contributed by atoms with E-state index in [4.69, 9.17) is 16.3 Å². The normalized spacial score (nSPS) is 11.9. The van der Waals surface area contributed by atoms with E-state index in [0.717, 1.165) is 0 Å². The second-order valence-corrected chi connectivity index (χ2v) is 6.48. The maximum absolute atomic E-state index is 12.0. The van der Waals surface area contributed by atoms with Crippen molar-refractivity contribution in [2.75, 3.05) is 32.1 Å². The van der Waals surface area contributed by atoms with Gasteiger partial charge in [0.25, 0.3) is 5.91 Å². The van der Waals surface area contributed by atoms with E-state index >= 15 is 0 Å². The molecule has 0 aliphatic heterocycles. The number of nitrogens with one attached hydrogen (secondary N) is 3. The summed E-state index contributed by atoms with van der Waals surface area (Å²) in [7, 11) is 1.59. The SMILES string of the molecule is COCC(C)NC(=O)CNc1ccc(C(=O)NCC(C)C)c(Cl)c1. The highest BCUT2D eigenvalue weighted by atomic mass is 35.5. The molecule has 1 aromatic rings. The molecule has 0 fully saturated rings. The van der Waals surface area contributed by atoms with Crippen LogP contribution in [0.2, 0.25) is 5.02 Å². The molecule has 0 spiro atoms. The van der Waals surface area contributed by atoms with E-state index in [1.165, 1.54) is 0 Å². The molecule has 1 unspecified atom stereocenters. The first kappa shape index (κ1) is 20.3. The summed E-state index contributed by atoms with van der Waals surface area (Å²) in [4.78, 5) is 23.8. The van der Waals surface area contributed by atoms with Gasteiger partial charge in [-0.3, -0.25) is 9.59 Å². The summed E-state index contributed by atoms with van der Waals surface area (Å²) in [6.07, 6.45) is 0. The van der Waals surface area contributed by atoms with E-state index in [9.17, 15) is 9.59 Å². The summed E-state index contributed by atoms with van der Waals surface area (Å²) in [5, 5.41) is 8.94. The minimum absolute atomic E-state index is 0.0556. The van der Waals surface area contributed by atoms with Crippen LogP contribution in [0.4, 0.5) is 5.69 Å². The number of rotatable bonds is 9. The molecule has 3 N–H and O–H groups in total. The third-order valence-electron chi connectivity index (χ3n) is 3.16. The molecule has 6 nitrogen and oxygen atoms in total. The third-order valence-corrected chi connectivity index (χ3v) is 3.47. The first-order valence-electron chi connectivity index (χ1n) is 7.93. The Labute approximate surface area is 148 Å². The lowest BCUT2D eigenvalue weighted by atomic mass is 10.1. The van der Waals surface area contributed by atoms with E-state index in [1.807, 2.05) is 20.8 Å². The fourth-order valence-electron chi connectivity index (χ4n) is 2.00. The quantitative estimate of drug-likeness (QED) is 0.635. The molecule has 0 radical (unpaired) electrons.